The van der Waals surface area contributed by atoms with Crippen molar-refractivity contribution in [2.75, 3.05) is 0 Å². The molecule has 0 aliphatic carbocycles. The van der Waals surface area contributed by atoms with Crippen LogP contribution >= 0.6 is 11.6 Å². The predicted octanol–water partition coefficient (Wildman–Crippen LogP) is 1.91. The van der Waals surface area contributed by atoms with E-state index in [0.717, 1.165) is 13.8 Å². The van der Waals surface area contributed by atoms with Crippen LogP contribution in [0, 0.1) is 0 Å². The van der Waals surface area contributed by atoms with Gasteiger partial charge in [0.05, 0.1) is 4.90 Å². The van der Waals surface area contributed by atoms with Gasteiger partial charge in [0, 0.05) is 5.02 Å². The molecular formula is C10H11ClO5S. The van der Waals surface area contributed by atoms with Gasteiger partial charge in [-0.2, -0.15) is 8.42 Å². The second kappa shape index (κ2) is 4.64. The molecule has 17 heavy (non-hydrogen) atoms. The van der Waals surface area contributed by atoms with Gasteiger partial charge in [-0.1, -0.05) is 11.6 Å². The van der Waals surface area contributed by atoms with Crippen molar-refractivity contribution in [3.05, 3.63) is 29.3 Å². The Morgan fingerprint density at radius 3 is 2.18 bits per heavy atom. The van der Waals surface area contributed by atoms with E-state index in [2.05, 4.69) is 4.18 Å². The topological polar surface area (TPSA) is 80.7 Å². The SMILES string of the molecule is CC(C)(OS(=O)(=O)c1ccc(Cl)cc1)C(=O)O. The molecule has 0 saturated carbocycles. The van der Waals surface area contributed by atoms with Gasteiger partial charge in [-0.25, -0.2) is 8.98 Å². The first-order valence-electron chi connectivity index (χ1n) is 4.60. The maximum absolute atomic E-state index is 11.7. The number of carboxylic acid groups (broad SMARTS) is 1. The fraction of sp³-hybridized carbons (Fsp3) is 0.300. The van der Waals surface area contributed by atoms with E-state index in [4.69, 9.17) is 16.7 Å². The van der Waals surface area contributed by atoms with Crippen molar-refractivity contribution < 1.29 is 22.5 Å². The maximum Gasteiger partial charge on any atom is 0.336 e. The van der Waals surface area contributed by atoms with Crippen molar-refractivity contribution in [1.29, 1.82) is 0 Å². The van der Waals surface area contributed by atoms with Crippen molar-refractivity contribution in [2.24, 2.45) is 0 Å². The van der Waals surface area contributed by atoms with Crippen LogP contribution < -0.4 is 0 Å². The number of benzene rings is 1. The van der Waals surface area contributed by atoms with E-state index in [-0.39, 0.29) is 4.90 Å². The minimum atomic E-state index is -4.12. The molecule has 0 radical (unpaired) electrons. The van der Waals surface area contributed by atoms with E-state index in [1.54, 1.807) is 0 Å². The molecule has 0 atom stereocenters. The van der Waals surface area contributed by atoms with E-state index in [1.807, 2.05) is 0 Å². The lowest BCUT2D eigenvalue weighted by atomic mass is 10.1. The lowest BCUT2D eigenvalue weighted by Crippen LogP contribution is -2.36. The van der Waals surface area contributed by atoms with Gasteiger partial charge >= 0.3 is 5.97 Å². The summed E-state index contributed by atoms with van der Waals surface area (Å²) in [6.07, 6.45) is 0. The quantitative estimate of drug-likeness (QED) is 0.851. The van der Waals surface area contributed by atoms with E-state index in [9.17, 15) is 13.2 Å². The lowest BCUT2D eigenvalue weighted by Gasteiger charge is -2.19. The molecule has 94 valence electrons. The van der Waals surface area contributed by atoms with Crippen LogP contribution in [0.1, 0.15) is 13.8 Å². The van der Waals surface area contributed by atoms with Crippen molar-refractivity contribution >= 4 is 27.7 Å². The van der Waals surface area contributed by atoms with E-state index in [1.165, 1.54) is 24.3 Å². The highest BCUT2D eigenvalue weighted by atomic mass is 35.5. The molecule has 1 rings (SSSR count). The van der Waals surface area contributed by atoms with E-state index >= 15 is 0 Å². The first kappa shape index (κ1) is 14.0. The monoisotopic (exact) mass is 278 g/mol. The number of carbonyl (C=O) groups is 1. The van der Waals surface area contributed by atoms with Gasteiger partial charge in [-0.15, -0.1) is 0 Å². The molecular weight excluding hydrogens is 268 g/mol. The zero-order chi connectivity index (χ0) is 13.3. The Bertz CT molecular complexity index is 518. The van der Waals surface area contributed by atoms with Gasteiger partial charge in [0.15, 0.2) is 5.60 Å². The number of halogens is 1. The fourth-order valence-corrected chi connectivity index (χ4v) is 2.27. The van der Waals surface area contributed by atoms with Gasteiger partial charge in [-0.3, -0.25) is 0 Å². The Morgan fingerprint density at radius 2 is 1.76 bits per heavy atom. The molecule has 1 N–H and O–H groups in total. The number of hydrogen-bond donors (Lipinski definition) is 1. The maximum atomic E-state index is 11.7. The summed E-state index contributed by atoms with van der Waals surface area (Å²) in [6.45, 7) is 2.31. The predicted molar refractivity (Wildman–Crippen MR) is 61.4 cm³/mol. The smallest absolute Gasteiger partial charge is 0.336 e. The summed E-state index contributed by atoms with van der Waals surface area (Å²) in [5.41, 5.74) is -1.82. The van der Waals surface area contributed by atoms with Gasteiger partial charge < -0.3 is 5.11 Å². The summed E-state index contributed by atoms with van der Waals surface area (Å²) < 4.78 is 28.1. The summed E-state index contributed by atoms with van der Waals surface area (Å²) in [5.74, 6) is -1.37. The second-order valence-electron chi connectivity index (χ2n) is 3.81. The molecule has 0 aliphatic heterocycles. The molecule has 0 saturated heterocycles. The van der Waals surface area contributed by atoms with Crippen LogP contribution in [0.5, 0.6) is 0 Å². The van der Waals surface area contributed by atoms with Crippen molar-refractivity contribution in [2.45, 2.75) is 24.3 Å². The summed E-state index contributed by atoms with van der Waals surface area (Å²) in [5, 5.41) is 9.16. The van der Waals surface area contributed by atoms with Crippen LogP contribution in [-0.2, 0) is 19.1 Å². The third-order valence-corrected chi connectivity index (χ3v) is 3.67. The molecule has 0 aliphatic rings. The zero-order valence-corrected chi connectivity index (χ0v) is 10.7. The van der Waals surface area contributed by atoms with Crippen LogP contribution in [0.4, 0.5) is 0 Å². The molecule has 0 spiro atoms. The summed E-state index contributed by atoms with van der Waals surface area (Å²) in [4.78, 5) is 10.6. The van der Waals surface area contributed by atoms with Gasteiger partial charge in [0.25, 0.3) is 10.1 Å². The Labute approximate surface area is 104 Å². The van der Waals surface area contributed by atoms with Crippen LogP contribution in [0.3, 0.4) is 0 Å². The first-order chi connectivity index (χ1) is 7.65. The highest BCUT2D eigenvalue weighted by Gasteiger charge is 2.35. The highest BCUT2D eigenvalue weighted by Crippen LogP contribution is 2.21. The summed E-state index contributed by atoms with van der Waals surface area (Å²) >= 11 is 5.62. The molecule has 0 bridgehead atoms. The van der Waals surface area contributed by atoms with Crippen molar-refractivity contribution in [3.8, 4) is 0 Å². The van der Waals surface area contributed by atoms with Crippen molar-refractivity contribution in [3.63, 3.8) is 0 Å². The Morgan fingerprint density at radius 1 is 1.29 bits per heavy atom. The van der Waals surface area contributed by atoms with Gasteiger partial charge in [0.1, 0.15) is 0 Å². The second-order valence-corrected chi connectivity index (χ2v) is 5.79. The molecule has 7 heteroatoms. The van der Waals surface area contributed by atoms with Crippen molar-refractivity contribution in [1.82, 2.24) is 0 Å². The highest BCUT2D eigenvalue weighted by molar-refractivity contribution is 7.86. The third-order valence-electron chi connectivity index (χ3n) is 1.94. The average Bonchev–Trinajstić information content (AvgIpc) is 2.16. The number of carboxylic acids is 1. The first-order valence-corrected chi connectivity index (χ1v) is 6.38. The molecule has 0 heterocycles. The number of rotatable bonds is 4. The van der Waals surface area contributed by atoms with Gasteiger partial charge in [0.2, 0.25) is 0 Å². The van der Waals surface area contributed by atoms with Crippen LogP contribution in [0.25, 0.3) is 0 Å². The molecule has 1 aromatic carbocycles. The molecule has 0 amide bonds. The minimum absolute atomic E-state index is 0.142. The van der Waals surface area contributed by atoms with Crippen LogP contribution in [0.15, 0.2) is 29.2 Å². The lowest BCUT2D eigenvalue weighted by molar-refractivity contribution is -0.151. The Balaban J connectivity index is 3.05. The molecule has 1 aromatic rings. The van der Waals surface area contributed by atoms with Crippen LogP contribution in [-0.4, -0.2) is 25.1 Å². The van der Waals surface area contributed by atoms with E-state index in [0.29, 0.717) is 5.02 Å². The standard InChI is InChI=1S/C10H11ClO5S/c1-10(2,9(12)13)16-17(14,15)8-5-3-7(11)4-6-8/h3-6H,1-2H3,(H,12,13). The average molecular weight is 279 g/mol. The molecule has 0 unspecified atom stereocenters. The number of hydrogen-bond acceptors (Lipinski definition) is 4. The normalized spacial score (nSPS) is 12.4. The number of aliphatic carboxylic acids is 1. The molecule has 0 aromatic heterocycles. The minimum Gasteiger partial charge on any atom is -0.479 e. The summed E-state index contributed by atoms with van der Waals surface area (Å²) in [7, 11) is -4.12. The molecule has 5 nitrogen and oxygen atoms in total. The summed E-state index contributed by atoms with van der Waals surface area (Å²) in [6, 6.07) is 5.25. The fourth-order valence-electron chi connectivity index (χ4n) is 0.959. The van der Waals surface area contributed by atoms with Gasteiger partial charge in [-0.05, 0) is 38.1 Å². The largest absolute Gasteiger partial charge is 0.479 e. The zero-order valence-electron chi connectivity index (χ0n) is 9.18. The molecule has 0 fully saturated rings. The third kappa shape index (κ3) is 3.42. The Hall–Kier alpha value is -1.11. The van der Waals surface area contributed by atoms with E-state index < -0.39 is 21.7 Å². The van der Waals surface area contributed by atoms with Crippen LogP contribution in [0.2, 0.25) is 5.02 Å². The Kier molecular flexibility index (Phi) is 3.81.